The maximum Gasteiger partial charge on any atom is 0.261 e. The zero-order valence-electron chi connectivity index (χ0n) is 10.4. The first-order valence-electron chi connectivity index (χ1n) is 5.49. The van der Waals surface area contributed by atoms with E-state index in [1.807, 2.05) is 25.1 Å². The Morgan fingerprint density at radius 2 is 2.06 bits per heavy atom. The Kier molecular flexibility index (Phi) is 3.52. The molecule has 0 aliphatic rings. The van der Waals surface area contributed by atoms with E-state index in [9.17, 15) is 4.79 Å². The van der Waals surface area contributed by atoms with Gasteiger partial charge in [-0.15, -0.1) is 0 Å². The van der Waals surface area contributed by atoms with Gasteiger partial charge >= 0.3 is 0 Å². The number of anilines is 1. The van der Waals surface area contributed by atoms with Crippen LogP contribution in [0.1, 0.15) is 27.4 Å². The molecule has 5 heteroatoms. The predicted octanol–water partition coefficient (Wildman–Crippen LogP) is 3.61. The van der Waals surface area contributed by atoms with Crippen LogP contribution in [0.2, 0.25) is 0 Å². The highest BCUT2D eigenvalue weighted by atomic mass is 79.9. The molecule has 2 aromatic rings. The predicted molar refractivity (Wildman–Crippen MR) is 72.8 cm³/mol. The molecule has 0 atom stereocenters. The quantitative estimate of drug-likeness (QED) is 0.922. The zero-order valence-corrected chi connectivity index (χ0v) is 12.0. The van der Waals surface area contributed by atoms with Crippen molar-refractivity contribution in [1.82, 2.24) is 5.16 Å². The summed E-state index contributed by atoms with van der Waals surface area (Å²) in [7, 11) is 0. The molecule has 1 heterocycles. The minimum atomic E-state index is -0.212. The molecule has 0 unspecified atom stereocenters. The van der Waals surface area contributed by atoms with Gasteiger partial charge in [0, 0.05) is 4.47 Å². The van der Waals surface area contributed by atoms with Crippen LogP contribution in [0.3, 0.4) is 0 Å². The van der Waals surface area contributed by atoms with Gasteiger partial charge in [-0.3, -0.25) is 4.79 Å². The second-order valence-corrected chi connectivity index (χ2v) is 4.99. The van der Waals surface area contributed by atoms with Crippen LogP contribution < -0.4 is 5.32 Å². The lowest BCUT2D eigenvalue weighted by Crippen LogP contribution is -2.14. The fourth-order valence-electron chi connectivity index (χ4n) is 1.71. The van der Waals surface area contributed by atoms with Crippen LogP contribution >= 0.6 is 15.9 Å². The van der Waals surface area contributed by atoms with Gasteiger partial charge in [0.15, 0.2) is 0 Å². The first-order chi connectivity index (χ1) is 8.49. The van der Waals surface area contributed by atoms with E-state index in [0.717, 1.165) is 15.7 Å². The molecule has 1 aromatic carbocycles. The van der Waals surface area contributed by atoms with Gasteiger partial charge in [-0.1, -0.05) is 11.2 Å². The Morgan fingerprint density at radius 3 is 2.61 bits per heavy atom. The van der Waals surface area contributed by atoms with Crippen LogP contribution in [0, 0.1) is 20.8 Å². The Labute approximate surface area is 113 Å². The van der Waals surface area contributed by atoms with E-state index in [0.29, 0.717) is 17.0 Å². The van der Waals surface area contributed by atoms with Crippen LogP contribution in [0.25, 0.3) is 0 Å². The molecule has 2 rings (SSSR count). The summed E-state index contributed by atoms with van der Waals surface area (Å²) in [5.74, 6) is 0.309. The van der Waals surface area contributed by atoms with Gasteiger partial charge in [0.1, 0.15) is 11.3 Å². The molecule has 0 saturated heterocycles. The molecular weight excluding hydrogens is 296 g/mol. The van der Waals surface area contributed by atoms with Crippen molar-refractivity contribution in [2.75, 3.05) is 5.32 Å². The second kappa shape index (κ2) is 4.94. The molecule has 0 fully saturated rings. The molecular formula is C13H13BrN2O2. The van der Waals surface area contributed by atoms with Crippen LogP contribution in [0.4, 0.5) is 5.69 Å². The number of aromatic nitrogens is 1. The zero-order chi connectivity index (χ0) is 13.3. The topological polar surface area (TPSA) is 55.1 Å². The number of hydrogen-bond donors (Lipinski definition) is 1. The highest BCUT2D eigenvalue weighted by Gasteiger charge is 2.18. The molecule has 18 heavy (non-hydrogen) atoms. The van der Waals surface area contributed by atoms with Crippen molar-refractivity contribution in [1.29, 1.82) is 0 Å². The molecule has 1 N–H and O–H groups in total. The summed E-state index contributed by atoms with van der Waals surface area (Å²) in [5.41, 5.74) is 2.93. The van der Waals surface area contributed by atoms with Crippen LogP contribution in [-0.4, -0.2) is 11.1 Å². The third-order valence-corrected chi connectivity index (χ3v) is 3.29. The van der Waals surface area contributed by atoms with Gasteiger partial charge in [-0.05, 0) is 54.4 Å². The summed E-state index contributed by atoms with van der Waals surface area (Å²) in [6.45, 7) is 5.46. The first kappa shape index (κ1) is 12.8. The van der Waals surface area contributed by atoms with Crippen molar-refractivity contribution in [3.63, 3.8) is 0 Å². The maximum absolute atomic E-state index is 12.1. The first-order valence-corrected chi connectivity index (χ1v) is 6.28. The molecule has 0 bridgehead atoms. The average Bonchev–Trinajstić information content (AvgIpc) is 2.62. The highest BCUT2D eigenvalue weighted by molar-refractivity contribution is 9.10. The normalized spacial score (nSPS) is 10.4. The third-order valence-electron chi connectivity index (χ3n) is 2.63. The molecule has 0 spiro atoms. The van der Waals surface area contributed by atoms with Crippen molar-refractivity contribution in [3.05, 3.63) is 45.3 Å². The lowest BCUT2D eigenvalue weighted by atomic mass is 10.2. The molecule has 1 aromatic heterocycles. The fourth-order valence-corrected chi connectivity index (χ4v) is 2.31. The largest absolute Gasteiger partial charge is 0.361 e. The lowest BCUT2D eigenvalue weighted by molar-refractivity contribution is 0.102. The van der Waals surface area contributed by atoms with E-state index in [1.165, 1.54) is 0 Å². The van der Waals surface area contributed by atoms with Crippen LogP contribution in [0.15, 0.2) is 27.2 Å². The summed E-state index contributed by atoms with van der Waals surface area (Å²) >= 11 is 3.42. The monoisotopic (exact) mass is 308 g/mol. The summed E-state index contributed by atoms with van der Waals surface area (Å²) in [5, 5.41) is 6.60. The minimum absolute atomic E-state index is 0.212. The van der Waals surface area contributed by atoms with E-state index in [-0.39, 0.29) is 5.91 Å². The summed E-state index contributed by atoms with van der Waals surface area (Å²) < 4.78 is 5.83. The number of aryl methyl sites for hydroxylation is 3. The van der Waals surface area contributed by atoms with Gasteiger partial charge in [0.2, 0.25) is 0 Å². The molecule has 0 radical (unpaired) electrons. The summed E-state index contributed by atoms with van der Waals surface area (Å²) in [6.07, 6.45) is 0. The average molecular weight is 309 g/mol. The summed E-state index contributed by atoms with van der Waals surface area (Å²) in [6, 6.07) is 5.74. The van der Waals surface area contributed by atoms with E-state index in [1.54, 1.807) is 13.8 Å². The van der Waals surface area contributed by atoms with E-state index >= 15 is 0 Å². The molecule has 0 aliphatic carbocycles. The number of nitrogens with zero attached hydrogens (tertiary/aromatic N) is 1. The van der Waals surface area contributed by atoms with Gasteiger partial charge in [-0.25, -0.2) is 0 Å². The molecule has 1 amide bonds. The van der Waals surface area contributed by atoms with Crippen molar-refractivity contribution >= 4 is 27.5 Å². The number of carbonyl (C=O) groups excluding carboxylic acids is 1. The number of nitrogens with one attached hydrogen (secondary N) is 1. The fraction of sp³-hybridized carbons (Fsp3) is 0.231. The smallest absolute Gasteiger partial charge is 0.261 e. The van der Waals surface area contributed by atoms with Crippen molar-refractivity contribution in [2.24, 2.45) is 0 Å². The van der Waals surface area contributed by atoms with Crippen molar-refractivity contribution < 1.29 is 9.32 Å². The number of rotatable bonds is 2. The number of amides is 1. The summed E-state index contributed by atoms with van der Waals surface area (Å²) in [4.78, 5) is 12.1. The number of carbonyl (C=O) groups is 1. The van der Waals surface area contributed by atoms with Gasteiger partial charge in [0.25, 0.3) is 5.91 Å². The van der Waals surface area contributed by atoms with Gasteiger partial charge in [-0.2, -0.15) is 0 Å². The van der Waals surface area contributed by atoms with Gasteiger partial charge in [0.05, 0.1) is 11.4 Å². The van der Waals surface area contributed by atoms with Crippen molar-refractivity contribution in [3.8, 4) is 0 Å². The number of halogens is 1. The SMILES string of the molecule is Cc1ccc(NC(=O)c2c(C)noc2C)c(Br)c1. The maximum atomic E-state index is 12.1. The standard InChI is InChI=1S/C13H13BrN2O2/c1-7-4-5-11(10(14)6-7)15-13(17)12-8(2)16-18-9(12)3/h4-6H,1-3H3,(H,15,17). The Balaban J connectivity index is 2.27. The van der Waals surface area contributed by atoms with Gasteiger partial charge < -0.3 is 9.84 Å². The second-order valence-electron chi connectivity index (χ2n) is 4.14. The molecule has 0 saturated carbocycles. The number of benzene rings is 1. The third kappa shape index (κ3) is 2.46. The Morgan fingerprint density at radius 1 is 1.33 bits per heavy atom. The van der Waals surface area contributed by atoms with Crippen LogP contribution in [-0.2, 0) is 0 Å². The van der Waals surface area contributed by atoms with E-state index < -0.39 is 0 Å². The van der Waals surface area contributed by atoms with E-state index in [4.69, 9.17) is 4.52 Å². The van der Waals surface area contributed by atoms with Crippen molar-refractivity contribution in [2.45, 2.75) is 20.8 Å². The number of hydrogen-bond acceptors (Lipinski definition) is 3. The van der Waals surface area contributed by atoms with Crippen LogP contribution in [0.5, 0.6) is 0 Å². The highest BCUT2D eigenvalue weighted by Crippen LogP contribution is 2.24. The molecule has 94 valence electrons. The van der Waals surface area contributed by atoms with E-state index in [2.05, 4.69) is 26.4 Å². The lowest BCUT2D eigenvalue weighted by Gasteiger charge is -2.07. The minimum Gasteiger partial charge on any atom is -0.361 e. The Hall–Kier alpha value is -1.62. The molecule has 4 nitrogen and oxygen atoms in total. The molecule has 0 aliphatic heterocycles. The Bertz CT molecular complexity index is 586.